The molecule has 2 aromatic carbocycles. The summed E-state index contributed by atoms with van der Waals surface area (Å²) in [6.45, 7) is 2.68. The molecule has 184 valence electrons. The maximum atomic E-state index is 15.5. The summed E-state index contributed by atoms with van der Waals surface area (Å²) in [5.74, 6) is -1.47. The molecule has 2 N–H and O–H groups in total. The fourth-order valence-electron chi connectivity index (χ4n) is 4.76. The lowest BCUT2D eigenvalue weighted by molar-refractivity contribution is 0.0695. The number of nitrogens with zero attached hydrogens (tertiary/aromatic N) is 3. The molecule has 0 unspecified atom stereocenters. The lowest BCUT2D eigenvalue weighted by Crippen LogP contribution is -2.35. The number of aromatic carboxylic acids is 1. The Hall–Kier alpha value is -4.40. The Kier molecular flexibility index (Phi) is 6.05. The third-order valence-corrected chi connectivity index (χ3v) is 6.49. The van der Waals surface area contributed by atoms with Crippen LogP contribution < -0.4 is 15.1 Å². The number of aromatic nitrogens is 2. The van der Waals surface area contributed by atoms with E-state index in [-0.39, 0.29) is 17.2 Å². The van der Waals surface area contributed by atoms with Crippen LogP contribution in [0.2, 0.25) is 0 Å². The first-order valence-electron chi connectivity index (χ1n) is 11.6. The molecule has 5 rings (SSSR count). The van der Waals surface area contributed by atoms with Crippen molar-refractivity contribution in [2.45, 2.75) is 25.8 Å². The van der Waals surface area contributed by atoms with Crippen molar-refractivity contribution in [2.75, 3.05) is 18.1 Å². The van der Waals surface area contributed by atoms with Crippen molar-refractivity contribution in [3.05, 3.63) is 88.1 Å². The van der Waals surface area contributed by atoms with Gasteiger partial charge in [-0.1, -0.05) is 6.07 Å². The van der Waals surface area contributed by atoms with Crippen molar-refractivity contribution in [3.63, 3.8) is 0 Å². The van der Waals surface area contributed by atoms with Crippen molar-refractivity contribution in [1.29, 1.82) is 0 Å². The molecule has 1 atom stereocenters. The molecule has 4 aromatic rings. The number of hydrogen-bond donors (Lipinski definition) is 2. The highest BCUT2D eigenvalue weighted by Crippen LogP contribution is 2.33. The number of ether oxygens (including phenoxy) is 1. The summed E-state index contributed by atoms with van der Waals surface area (Å²) in [6, 6.07) is 12.6. The van der Waals surface area contributed by atoms with Crippen LogP contribution in [0.3, 0.4) is 0 Å². The zero-order chi connectivity index (χ0) is 25.4. The van der Waals surface area contributed by atoms with Crippen LogP contribution in [0.4, 0.5) is 10.1 Å². The molecule has 0 bridgehead atoms. The lowest BCUT2D eigenvalue weighted by atomic mass is 10.1. The van der Waals surface area contributed by atoms with Gasteiger partial charge in [-0.05, 0) is 61.7 Å². The zero-order valence-corrected chi connectivity index (χ0v) is 19.5. The number of carboxylic acids is 1. The van der Waals surface area contributed by atoms with E-state index in [2.05, 4.69) is 4.98 Å². The minimum Gasteiger partial charge on any atom is -0.508 e. The standard InChI is InChI=1S/C27H24FN3O5/c1-16-11-18(32)7-8-22(16)31-14-20(27(34)35)26(33)19-12-21(28)24(13-23(19)31)30-10-4-5-17(30)15-36-25-6-2-3-9-29-25/h2-3,6-9,11-14,17,32H,4-5,10,15H2,1H3,(H,34,35)/t17-/m1/s1. The van der Waals surface area contributed by atoms with Crippen LogP contribution in [0, 0.1) is 12.7 Å². The highest BCUT2D eigenvalue weighted by Gasteiger charge is 2.29. The van der Waals surface area contributed by atoms with E-state index in [1.54, 1.807) is 42.0 Å². The molecule has 36 heavy (non-hydrogen) atoms. The van der Waals surface area contributed by atoms with Gasteiger partial charge in [-0.25, -0.2) is 14.2 Å². The van der Waals surface area contributed by atoms with E-state index in [1.165, 1.54) is 18.3 Å². The molecule has 1 aliphatic rings. The smallest absolute Gasteiger partial charge is 0.341 e. The summed E-state index contributed by atoms with van der Waals surface area (Å²) in [4.78, 5) is 30.9. The van der Waals surface area contributed by atoms with Crippen LogP contribution in [-0.2, 0) is 0 Å². The number of halogens is 1. The predicted octanol–water partition coefficient (Wildman–Crippen LogP) is 4.28. The van der Waals surface area contributed by atoms with Gasteiger partial charge in [0.25, 0.3) is 0 Å². The van der Waals surface area contributed by atoms with Gasteiger partial charge in [0.05, 0.1) is 17.2 Å². The molecule has 0 amide bonds. The second-order valence-corrected chi connectivity index (χ2v) is 8.81. The van der Waals surface area contributed by atoms with Crippen molar-refractivity contribution >= 4 is 22.6 Å². The molecule has 0 radical (unpaired) electrons. The summed E-state index contributed by atoms with van der Waals surface area (Å²) in [5, 5.41) is 19.4. The average Bonchev–Trinajstić information content (AvgIpc) is 3.32. The molecule has 2 aromatic heterocycles. The van der Waals surface area contributed by atoms with Crippen LogP contribution in [0.1, 0.15) is 28.8 Å². The fraction of sp³-hybridized carbons (Fsp3) is 0.222. The Labute approximate surface area is 205 Å². The molecule has 0 saturated carbocycles. The van der Waals surface area contributed by atoms with E-state index in [0.717, 1.165) is 18.9 Å². The minimum atomic E-state index is -1.40. The molecule has 1 aliphatic heterocycles. The second-order valence-electron chi connectivity index (χ2n) is 8.81. The number of pyridine rings is 2. The van der Waals surface area contributed by atoms with E-state index in [4.69, 9.17) is 4.74 Å². The van der Waals surface area contributed by atoms with Gasteiger partial charge < -0.3 is 24.4 Å². The summed E-state index contributed by atoms with van der Waals surface area (Å²) in [5.41, 5.74) is 0.671. The van der Waals surface area contributed by atoms with Crippen LogP contribution in [0.25, 0.3) is 16.6 Å². The molecule has 0 aliphatic carbocycles. The average molecular weight is 490 g/mol. The maximum Gasteiger partial charge on any atom is 0.341 e. The lowest BCUT2D eigenvalue weighted by Gasteiger charge is -2.28. The molecule has 1 fully saturated rings. The molecule has 9 heteroatoms. The second kappa shape index (κ2) is 9.33. The Bertz CT molecular complexity index is 1520. The number of rotatable bonds is 6. The van der Waals surface area contributed by atoms with Gasteiger partial charge in [-0.15, -0.1) is 0 Å². The molecular weight excluding hydrogens is 465 g/mol. The van der Waals surface area contributed by atoms with E-state index < -0.39 is 22.8 Å². The Morgan fingerprint density at radius 1 is 1.19 bits per heavy atom. The molecule has 3 heterocycles. The third-order valence-electron chi connectivity index (χ3n) is 6.49. The number of carboxylic acid groups (broad SMARTS) is 1. The van der Waals surface area contributed by atoms with Gasteiger partial charge >= 0.3 is 5.97 Å². The molecule has 0 spiro atoms. The van der Waals surface area contributed by atoms with Crippen molar-refractivity contribution in [2.24, 2.45) is 0 Å². The number of anilines is 1. The van der Waals surface area contributed by atoms with Crippen LogP contribution in [0.5, 0.6) is 11.6 Å². The summed E-state index contributed by atoms with van der Waals surface area (Å²) < 4.78 is 22.9. The summed E-state index contributed by atoms with van der Waals surface area (Å²) >= 11 is 0. The van der Waals surface area contributed by atoms with Gasteiger partial charge in [-0.2, -0.15) is 0 Å². The Morgan fingerprint density at radius 2 is 2.03 bits per heavy atom. The van der Waals surface area contributed by atoms with Crippen molar-refractivity contribution in [3.8, 4) is 17.3 Å². The SMILES string of the molecule is Cc1cc(O)ccc1-n1cc(C(=O)O)c(=O)c2cc(F)c(N3CCC[C@@H]3COc3ccccn3)cc21. The highest BCUT2D eigenvalue weighted by molar-refractivity contribution is 5.94. The normalized spacial score (nSPS) is 15.4. The molecule has 1 saturated heterocycles. The third kappa shape index (κ3) is 4.24. The quantitative estimate of drug-likeness (QED) is 0.416. The maximum absolute atomic E-state index is 15.5. The van der Waals surface area contributed by atoms with E-state index in [1.807, 2.05) is 11.0 Å². The zero-order valence-electron chi connectivity index (χ0n) is 19.5. The van der Waals surface area contributed by atoms with Gasteiger partial charge in [0, 0.05) is 36.1 Å². The fourth-order valence-corrected chi connectivity index (χ4v) is 4.76. The number of carbonyl (C=O) groups is 1. The van der Waals surface area contributed by atoms with Crippen LogP contribution in [-0.4, -0.2) is 44.9 Å². The predicted molar refractivity (Wildman–Crippen MR) is 133 cm³/mol. The number of fused-ring (bicyclic) bond motifs is 1. The molecular formula is C27H24FN3O5. The Balaban J connectivity index is 1.63. The van der Waals surface area contributed by atoms with E-state index >= 15 is 4.39 Å². The minimum absolute atomic E-state index is 0.0379. The van der Waals surface area contributed by atoms with Gasteiger partial charge in [0.2, 0.25) is 11.3 Å². The summed E-state index contributed by atoms with van der Waals surface area (Å²) in [7, 11) is 0. The number of phenolic OH excluding ortho intramolecular Hbond substituents is 1. The topological polar surface area (TPSA) is 105 Å². The van der Waals surface area contributed by atoms with Gasteiger partial charge in [0.15, 0.2) is 0 Å². The Morgan fingerprint density at radius 3 is 2.75 bits per heavy atom. The van der Waals surface area contributed by atoms with Crippen LogP contribution in [0.15, 0.2) is 65.7 Å². The first kappa shape index (κ1) is 23.3. The van der Waals surface area contributed by atoms with Crippen molar-refractivity contribution < 1.29 is 24.1 Å². The summed E-state index contributed by atoms with van der Waals surface area (Å²) in [6.07, 6.45) is 4.53. The first-order valence-corrected chi connectivity index (χ1v) is 11.6. The number of phenols is 1. The number of benzene rings is 2. The monoisotopic (exact) mass is 489 g/mol. The number of hydrogen-bond acceptors (Lipinski definition) is 6. The van der Waals surface area contributed by atoms with Crippen molar-refractivity contribution in [1.82, 2.24) is 9.55 Å². The van der Waals surface area contributed by atoms with Gasteiger partial charge in [0.1, 0.15) is 23.7 Å². The van der Waals surface area contributed by atoms with Gasteiger partial charge in [-0.3, -0.25) is 4.79 Å². The highest BCUT2D eigenvalue weighted by atomic mass is 19.1. The number of aromatic hydroxyl groups is 1. The van der Waals surface area contributed by atoms with E-state index in [9.17, 15) is 19.8 Å². The largest absolute Gasteiger partial charge is 0.508 e. The first-order chi connectivity index (χ1) is 17.3. The molecule has 8 nitrogen and oxygen atoms in total. The van der Waals surface area contributed by atoms with Crippen LogP contribution >= 0.6 is 0 Å². The van der Waals surface area contributed by atoms with E-state index in [0.29, 0.717) is 41.5 Å². The number of aryl methyl sites for hydroxylation is 1.